The molecule has 4 rings (SSSR count). The number of fused-ring (bicyclic) bond motifs is 1. The summed E-state index contributed by atoms with van der Waals surface area (Å²) >= 11 is 0. The van der Waals surface area contributed by atoms with Crippen molar-refractivity contribution in [3.8, 4) is 0 Å². The number of hydrogen-bond donors (Lipinski definition) is 0. The summed E-state index contributed by atoms with van der Waals surface area (Å²) in [6.07, 6.45) is 0. The number of hydrogen-bond acceptors (Lipinski definition) is 7. The van der Waals surface area contributed by atoms with E-state index in [0.717, 1.165) is 37.3 Å². The quantitative estimate of drug-likeness (QED) is 0.730. The molecular weight excluding hydrogens is 282 g/mol. The predicted octanol–water partition coefficient (Wildman–Crippen LogP) is 1.84. The number of aryl methyl sites for hydroxylation is 1. The summed E-state index contributed by atoms with van der Waals surface area (Å²) < 4.78 is 11.0. The fourth-order valence-corrected chi connectivity index (χ4v) is 2.69. The molecule has 1 aliphatic heterocycles. The summed E-state index contributed by atoms with van der Waals surface area (Å²) in [6, 6.07) is 8.55. The first-order valence-electron chi connectivity index (χ1n) is 7.40. The van der Waals surface area contributed by atoms with Gasteiger partial charge in [-0.25, -0.2) is 0 Å². The van der Waals surface area contributed by atoms with E-state index in [1.54, 1.807) is 0 Å². The summed E-state index contributed by atoms with van der Waals surface area (Å²) in [5.41, 5.74) is 1.74. The Labute approximate surface area is 127 Å². The molecule has 0 N–H and O–H groups in total. The van der Waals surface area contributed by atoms with Crippen molar-refractivity contribution in [2.75, 3.05) is 31.1 Å². The summed E-state index contributed by atoms with van der Waals surface area (Å²) in [6.45, 7) is 6.11. The number of rotatable bonds is 3. The van der Waals surface area contributed by atoms with Crippen molar-refractivity contribution in [2.24, 2.45) is 0 Å². The van der Waals surface area contributed by atoms with Gasteiger partial charge >= 0.3 is 0 Å². The van der Waals surface area contributed by atoms with Crippen molar-refractivity contribution in [2.45, 2.75) is 13.5 Å². The third-order valence-electron chi connectivity index (χ3n) is 3.85. The zero-order valence-electron chi connectivity index (χ0n) is 12.4. The number of nitrogens with zero attached hydrogens (tertiary/aromatic N) is 5. The number of anilines is 1. The Balaban J connectivity index is 1.40. The second-order valence-electron chi connectivity index (χ2n) is 5.46. The van der Waals surface area contributed by atoms with Gasteiger partial charge in [-0.2, -0.15) is 9.97 Å². The smallest absolute Gasteiger partial charge is 0.298 e. The molecule has 2 aromatic heterocycles. The Morgan fingerprint density at radius 2 is 1.91 bits per heavy atom. The number of aromatic nitrogens is 3. The second kappa shape index (κ2) is 5.42. The van der Waals surface area contributed by atoms with E-state index in [1.807, 2.05) is 31.2 Å². The maximum Gasteiger partial charge on any atom is 0.298 e. The molecule has 3 heterocycles. The monoisotopic (exact) mass is 299 g/mol. The normalized spacial score (nSPS) is 16.5. The highest BCUT2D eigenvalue weighted by Gasteiger charge is 2.22. The number of benzene rings is 1. The van der Waals surface area contributed by atoms with Gasteiger partial charge in [0, 0.05) is 26.2 Å². The van der Waals surface area contributed by atoms with Gasteiger partial charge in [-0.1, -0.05) is 17.3 Å². The number of oxazole rings is 1. The molecule has 0 atom stereocenters. The number of para-hydroxylation sites is 2. The molecule has 114 valence electrons. The van der Waals surface area contributed by atoms with Crippen LogP contribution in [0.2, 0.25) is 0 Å². The van der Waals surface area contributed by atoms with Crippen molar-refractivity contribution in [1.82, 2.24) is 20.0 Å². The molecule has 7 heteroatoms. The van der Waals surface area contributed by atoms with Gasteiger partial charge in [0.1, 0.15) is 5.52 Å². The van der Waals surface area contributed by atoms with E-state index in [2.05, 4.69) is 24.9 Å². The van der Waals surface area contributed by atoms with Crippen LogP contribution in [0.25, 0.3) is 11.1 Å². The Morgan fingerprint density at radius 3 is 2.64 bits per heavy atom. The Kier molecular flexibility index (Phi) is 3.27. The van der Waals surface area contributed by atoms with Gasteiger partial charge in [0.05, 0.1) is 6.54 Å². The predicted molar refractivity (Wildman–Crippen MR) is 80.5 cm³/mol. The number of piperazine rings is 1. The first-order valence-corrected chi connectivity index (χ1v) is 7.40. The average Bonchev–Trinajstić information content (AvgIpc) is 3.14. The second-order valence-corrected chi connectivity index (χ2v) is 5.46. The SMILES string of the molecule is Cc1noc(CN2CCN(c3nc4ccccc4o3)CC2)n1. The molecule has 22 heavy (non-hydrogen) atoms. The Hall–Kier alpha value is -2.41. The molecule has 1 saturated heterocycles. The van der Waals surface area contributed by atoms with Gasteiger partial charge in [-0.05, 0) is 19.1 Å². The lowest BCUT2D eigenvalue weighted by Crippen LogP contribution is -2.46. The van der Waals surface area contributed by atoms with Gasteiger partial charge in [-0.3, -0.25) is 4.90 Å². The zero-order chi connectivity index (χ0) is 14.9. The van der Waals surface area contributed by atoms with Crippen LogP contribution in [0, 0.1) is 6.92 Å². The first kappa shape index (κ1) is 13.3. The molecule has 1 aromatic carbocycles. The van der Waals surface area contributed by atoms with Crippen LogP contribution in [0.15, 0.2) is 33.2 Å². The van der Waals surface area contributed by atoms with E-state index < -0.39 is 0 Å². The van der Waals surface area contributed by atoms with E-state index >= 15 is 0 Å². The van der Waals surface area contributed by atoms with Crippen molar-refractivity contribution < 1.29 is 8.94 Å². The average molecular weight is 299 g/mol. The molecule has 0 amide bonds. The van der Waals surface area contributed by atoms with E-state index in [9.17, 15) is 0 Å². The Bertz CT molecular complexity index is 740. The third kappa shape index (κ3) is 2.55. The highest BCUT2D eigenvalue weighted by Crippen LogP contribution is 2.22. The van der Waals surface area contributed by atoms with Gasteiger partial charge in [0.2, 0.25) is 5.89 Å². The topological polar surface area (TPSA) is 71.4 Å². The molecule has 0 spiro atoms. The fraction of sp³-hybridized carbons (Fsp3) is 0.400. The standard InChI is InChI=1S/C15H17N5O2/c1-11-16-14(22-18-11)10-19-6-8-20(9-7-19)15-17-12-4-2-3-5-13(12)21-15/h2-5H,6-10H2,1H3. The van der Waals surface area contributed by atoms with E-state index in [4.69, 9.17) is 8.94 Å². The molecule has 1 fully saturated rings. The summed E-state index contributed by atoms with van der Waals surface area (Å²) in [5, 5.41) is 3.82. The van der Waals surface area contributed by atoms with Crippen LogP contribution >= 0.6 is 0 Å². The summed E-state index contributed by atoms with van der Waals surface area (Å²) in [7, 11) is 0. The molecular formula is C15H17N5O2. The minimum absolute atomic E-state index is 0.674. The van der Waals surface area contributed by atoms with Crippen LogP contribution in [0.3, 0.4) is 0 Å². The van der Waals surface area contributed by atoms with Crippen LogP contribution in [-0.2, 0) is 6.54 Å². The highest BCUT2D eigenvalue weighted by atomic mass is 16.5. The largest absolute Gasteiger partial charge is 0.423 e. The molecule has 0 unspecified atom stereocenters. The minimum Gasteiger partial charge on any atom is -0.423 e. The van der Waals surface area contributed by atoms with Crippen LogP contribution in [0.5, 0.6) is 0 Å². The van der Waals surface area contributed by atoms with E-state index in [-0.39, 0.29) is 0 Å². The first-order chi connectivity index (χ1) is 10.8. The van der Waals surface area contributed by atoms with Crippen LogP contribution in [0.1, 0.15) is 11.7 Å². The van der Waals surface area contributed by atoms with Gasteiger partial charge in [0.15, 0.2) is 11.4 Å². The lowest BCUT2D eigenvalue weighted by atomic mass is 10.3. The van der Waals surface area contributed by atoms with Crippen LogP contribution < -0.4 is 4.90 Å². The molecule has 7 nitrogen and oxygen atoms in total. The minimum atomic E-state index is 0.674. The molecule has 0 radical (unpaired) electrons. The summed E-state index contributed by atoms with van der Waals surface area (Å²) in [4.78, 5) is 13.3. The molecule has 3 aromatic rings. The van der Waals surface area contributed by atoms with E-state index in [0.29, 0.717) is 24.3 Å². The van der Waals surface area contributed by atoms with Crippen LogP contribution in [-0.4, -0.2) is 46.2 Å². The molecule has 0 bridgehead atoms. The van der Waals surface area contributed by atoms with Gasteiger partial charge in [0.25, 0.3) is 6.01 Å². The van der Waals surface area contributed by atoms with Gasteiger partial charge in [-0.15, -0.1) is 0 Å². The molecule has 0 aliphatic carbocycles. The lowest BCUT2D eigenvalue weighted by Gasteiger charge is -2.32. The Morgan fingerprint density at radius 1 is 1.09 bits per heavy atom. The summed E-state index contributed by atoms with van der Waals surface area (Å²) in [5.74, 6) is 1.35. The maximum atomic E-state index is 5.82. The van der Waals surface area contributed by atoms with Crippen molar-refractivity contribution in [3.63, 3.8) is 0 Å². The molecule has 1 aliphatic rings. The zero-order valence-corrected chi connectivity index (χ0v) is 12.4. The van der Waals surface area contributed by atoms with Crippen molar-refractivity contribution in [3.05, 3.63) is 36.0 Å². The highest BCUT2D eigenvalue weighted by molar-refractivity contribution is 5.74. The maximum absolute atomic E-state index is 5.82. The fourth-order valence-electron chi connectivity index (χ4n) is 2.69. The molecule has 0 saturated carbocycles. The van der Waals surface area contributed by atoms with Crippen molar-refractivity contribution >= 4 is 17.1 Å². The van der Waals surface area contributed by atoms with Crippen molar-refractivity contribution in [1.29, 1.82) is 0 Å². The van der Waals surface area contributed by atoms with E-state index in [1.165, 1.54) is 0 Å². The van der Waals surface area contributed by atoms with Gasteiger partial charge < -0.3 is 13.8 Å². The van der Waals surface area contributed by atoms with Crippen LogP contribution in [0.4, 0.5) is 6.01 Å². The third-order valence-corrected chi connectivity index (χ3v) is 3.85. The lowest BCUT2D eigenvalue weighted by molar-refractivity contribution is 0.212.